The van der Waals surface area contributed by atoms with Crippen LogP contribution in [0.1, 0.15) is 31.2 Å². The highest BCUT2D eigenvalue weighted by Gasteiger charge is 2.16. The first-order chi connectivity index (χ1) is 15.6. The fourth-order valence-electron chi connectivity index (χ4n) is 3.24. The zero-order valence-corrected chi connectivity index (χ0v) is 18.5. The summed E-state index contributed by atoms with van der Waals surface area (Å²) in [5.41, 5.74) is 1.65. The number of amides is 1. The standard InChI is InChI=1S/C23H24ClN3O5/c1-2-29-17-6-4-16(5-7-17)23-26-21(32-27-23)9-8-20(28)25-14-15-12-18(24)22-19(13-15)30-10-3-11-31-22/h4-7,12-13H,2-3,8-11,14H2,1H3,(H,25,28). The van der Waals surface area contributed by atoms with Crippen molar-refractivity contribution >= 4 is 17.5 Å². The number of rotatable bonds is 8. The minimum atomic E-state index is -0.131. The molecule has 0 aliphatic carbocycles. The van der Waals surface area contributed by atoms with Crippen molar-refractivity contribution in [3.8, 4) is 28.6 Å². The maximum atomic E-state index is 12.3. The predicted octanol–water partition coefficient (Wildman–Crippen LogP) is 4.20. The molecule has 0 bridgehead atoms. The van der Waals surface area contributed by atoms with Crippen molar-refractivity contribution in [1.82, 2.24) is 15.5 Å². The molecule has 3 aromatic rings. The summed E-state index contributed by atoms with van der Waals surface area (Å²) in [5, 5.41) is 7.34. The van der Waals surface area contributed by atoms with E-state index in [0.29, 0.717) is 61.0 Å². The van der Waals surface area contributed by atoms with Crippen LogP contribution in [-0.2, 0) is 17.8 Å². The molecule has 8 nitrogen and oxygen atoms in total. The zero-order valence-electron chi connectivity index (χ0n) is 17.7. The second-order valence-electron chi connectivity index (χ2n) is 7.20. The van der Waals surface area contributed by atoms with Crippen LogP contribution in [0.2, 0.25) is 5.02 Å². The number of ether oxygens (including phenoxy) is 3. The molecule has 0 radical (unpaired) electrons. The van der Waals surface area contributed by atoms with Gasteiger partial charge in [-0.1, -0.05) is 16.8 Å². The third-order valence-corrected chi connectivity index (χ3v) is 5.09. The molecule has 1 N–H and O–H groups in total. The molecule has 0 atom stereocenters. The lowest BCUT2D eigenvalue weighted by Crippen LogP contribution is -2.23. The predicted molar refractivity (Wildman–Crippen MR) is 118 cm³/mol. The first-order valence-electron chi connectivity index (χ1n) is 10.5. The average molecular weight is 458 g/mol. The number of nitrogens with zero attached hydrogens (tertiary/aromatic N) is 2. The number of hydrogen-bond acceptors (Lipinski definition) is 7. The highest BCUT2D eigenvalue weighted by Crippen LogP contribution is 2.38. The van der Waals surface area contributed by atoms with E-state index in [-0.39, 0.29) is 12.3 Å². The van der Waals surface area contributed by atoms with Gasteiger partial charge in [0, 0.05) is 31.4 Å². The third-order valence-electron chi connectivity index (χ3n) is 4.81. The summed E-state index contributed by atoms with van der Waals surface area (Å²) in [6.07, 6.45) is 1.37. The van der Waals surface area contributed by atoms with Crippen molar-refractivity contribution in [3.63, 3.8) is 0 Å². The maximum Gasteiger partial charge on any atom is 0.227 e. The first-order valence-corrected chi connectivity index (χ1v) is 10.9. The summed E-state index contributed by atoms with van der Waals surface area (Å²) in [6, 6.07) is 11.1. The van der Waals surface area contributed by atoms with Crippen molar-refractivity contribution in [2.24, 2.45) is 0 Å². The van der Waals surface area contributed by atoms with Crippen molar-refractivity contribution < 1.29 is 23.5 Å². The summed E-state index contributed by atoms with van der Waals surface area (Å²) in [4.78, 5) is 16.7. The normalized spacial score (nSPS) is 12.8. The molecule has 168 valence electrons. The largest absolute Gasteiger partial charge is 0.494 e. The lowest BCUT2D eigenvalue weighted by molar-refractivity contribution is -0.121. The van der Waals surface area contributed by atoms with Crippen LogP contribution in [0.5, 0.6) is 17.2 Å². The third kappa shape index (κ3) is 5.50. The van der Waals surface area contributed by atoms with E-state index in [1.54, 1.807) is 6.07 Å². The monoisotopic (exact) mass is 457 g/mol. The van der Waals surface area contributed by atoms with Gasteiger partial charge in [0.2, 0.25) is 17.6 Å². The number of nitrogens with one attached hydrogen (secondary N) is 1. The number of aromatic nitrogens is 2. The molecule has 0 fully saturated rings. The Balaban J connectivity index is 1.28. The summed E-state index contributed by atoms with van der Waals surface area (Å²) >= 11 is 6.30. The molecule has 0 unspecified atom stereocenters. The van der Waals surface area contributed by atoms with Crippen molar-refractivity contribution in [3.05, 3.63) is 52.9 Å². The molecular formula is C23H24ClN3O5. The number of halogens is 1. The quantitative estimate of drug-likeness (QED) is 0.541. The number of hydrogen-bond donors (Lipinski definition) is 1. The molecule has 1 aliphatic heterocycles. The van der Waals surface area contributed by atoms with E-state index in [1.165, 1.54) is 0 Å². The van der Waals surface area contributed by atoms with Gasteiger partial charge in [-0.25, -0.2) is 0 Å². The topological polar surface area (TPSA) is 95.7 Å². The van der Waals surface area contributed by atoms with E-state index in [1.807, 2.05) is 37.3 Å². The van der Waals surface area contributed by atoms with Crippen LogP contribution in [-0.4, -0.2) is 35.9 Å². The minimum absolute atomic E-state index is 0.131. The number of benzene rings is 2. The molecular weight excluding hydrogens is 434 g/mol. The molecule has 0 saturated carbocycles. The van der Waals surface area contributed by atoms with Gasteiger partial charge in [-0.15, -0.1) is 0 Å². The summed E-state index contributed by atoms with van der Waals surface area (Å²) in [6.45, 7) is 4.01. The lowest BCUT2D eigenvalue weighted by Gasteiger charge is -2.12. The molecule has 2 heterocycles. The van der Waals surface area contributed by atoms with Crippen LogP contribution in [0.15, 0.2) is 40.9 Å². The fourth-order valence-corrected chi connectivity index (χ4v) is 3.52. The first kappa shape index (κ1) is 22.0. The van der Waals surface area contributed by atoms with E-state index < -0.39 is 0 Å². The molecule has 32 heavy (non-hydrogen) atoms. The number of carbonyl (C=O) groups excluding carboxylic acids is 1. The van der Waals surface area contributed by atoms with Gasteiger partial charge in [0.15, 0.2) is 11.5 Å². The van der Waals surface area contributed by atoms with Crippen LogP contribution in [0.4, 0.5) is 0 Å². The summed E-state index contributed by atoms with van der Waals surface area (Å²) in [5.74, 6) is 2.69. The van der Waals surface area contributed by atoms with Crippen LogP contribution >= 0.6 is 11.6 Å². The Morgan fingerprint density at radius 1 is 1.19 bits per heavy atom. The Kier molecular flexibility index (Phi) is 7.11. The van der Waals surface area contributed by atoms with Gasteiger partial charge in [0.25, 0.3) is 0 Å². The second kappa shape index (κ2) is 10.4. The van der Waals surface area contributed by atoms with Crippen LogP contribution < -0.4 is 19.5 Å². The Morgan fingerprint density at radius 3 is 2.81 bits per heavy atom. The van der Waals surface area contributed by atoms with Gasteiger partial charge in [-0.3, -0.25) is 4.79 Å². The average Bonchev–Trinajstić information content (AvgIpc) is 3.14. The van der Waals surface area contributed by atoms with Crippen molar-refractivity contribution in [2.75, 3.05) is 19.8 Å². The fraction of sp³-hybridized carbons (Fsp3) is 0.348. The van der Waals surface area contributed by atoms with Gasteiger partial charge < -0.3 is 24.1 Å². The van der Waals surface area contributed by atoms with Crippen LogP contribution in [0.3, 0.4) is 0 Å². The Hall–Kier alpha value is -3.26. The van der Waals surface area contributed by atoms with Gasteiger partial charge in [-0.2, -0.15) is 4.98 Å². The molecule has 2 aromatic carbocycles. The number of fused-ring (bicyclic) bond motifs is 1. The van der Waals surface area contributed by atoms with Crippen molar-refractivity contribution in [1.29, 1.82) is 0 Å². The summed E-state index contributed by atoms with van der Waals surface area (Å²) < 4.78 is 22.0. The molecule has 9 heteroatoms. The smallest absolute Gasteiger partial charge is 0.227 e. The molecule has 4 rings (SSSR count). The van der Waals surface area contributed by atoms with E-state index >= 15 is 0 Å². The molecule has 1 amide bonds. The lowest BCUT2D eigenvalue weighted by atomic mass is 10.2. The Morgan fingerprint density at radius 2 is 2.00 bits per heavy atom. The number of aryl methyl sites for hydroxylation is 1. The highest BCUT2D eigenvalue weighted by atomic mass is 35.5. The van der Waals surface area contributed by atoms with Crippen LogP contribution in [0, 0.1) is 0 Å². The van der Waals surface area contributed by atoms with E-state index in [9.17, 15) is 4.79 Å². The maximum absolute atomic E-state index is 12.3. The summed E-state index contributed by atoms with van der Waals surface area (Å²) in [7, 11) is 0. The van der Waals surface area contributed by atoms with E-state index in [0.717, 1.165) is 23.3 Å². The Bertz CT molecular complexity index is 1070. The second-order valence-corrected chi connectivity index (χ2v) is 7.61. The van der Waals surface area contributed by atoms with Gasteiger partial charge in [-0.05, 0) is 48.9 Å². The SMILES string of the molecule is CCOc1ccc(-c2noc(CCC(=O)NCc3cc(Cl)c4c(c3)OCCCO4)n2)cc1. The zero-order chi connectivity index (χ0) is 22.3. The van der Waals surface area contributed by atoms with E-state index in [2.05, 4.69) is 15.5 Å². The molecule has 1 aromatic heterocycles. The van der Waals surface area contributed by atoms with Gasteiger partial charge in [0.05, 0.1) is 24.8 Å². The van der Waals surface area contributed by atoms with Crippen molar-refractivity contribution in [2.45, 2.75) is 32.7 Å². The van der Waals surface area contributed by atoms with Gasteiger partial charge in [0.1, 0.15) is 5.75 Å². The Labute approximate surface area is 190 Å². The molecule has 0 spiro atoms. The molecule has 0 saturated heterocycles. The van der Waals surface area contributed by atoms with Gasteiger partial charge >= 0.3 is 0 Å². The van der Waals surface area contributed by atoms with E-state index in [4.69, 9.17) is 30.3 Å². The minimum Gasteiger partial charge on any atom is -0.494 e. The number of carbonyl (C=O) groups is 1. The van der Waals surface area contributed by atoms with Crippen LogP contribution in [0.25, 0.3) is 11.4 Å². The molecule has 1 aliphatic rings. The highest BCUT2D eigenvalue weighted by molar-refractivity contribution is 6.32.